The van der Waals surface area contributed by atoms with Crippen molar-refractivity contribution < 1.29 is 23.4 Å². The van der Waals surface area contributed by atoms with Crippen LogP contribution in [0.2, 0.25) is 0 Å². The lowest BCUT2D eigenvalue weighted by Gasteiger charge is -2.35. The summed E-state index contributed by atoms with van der Waals surface area (Å²) in [7, 11) is 0. The number of nitrogens with one attached hydrogen (secondary N) is 1. The molecule has 1 N–H and O–H groups in total. The molecule has 2 aromatic heterocycles. The number of nitrogens with zero attached hydrogens (tertiary/aromatic N) is 4. The van der Waals surface area contributed by atoms with Gasteiger partial charge in [-0.1, -0.05) is 38.1 Å². The number of amides is 1. The van der Waals surface area contributed by atoms with Crippen molar-refractivity contribution in [1.29, 1.82) is 0 Å². The van der Waals surface area contributed by atoms with E-state index in [4.69, 9.17) is 18.6 Å². The molecule has 2 heterocycles. The number of hydrogen-bond acceptors (Lipinski definition) is 9. The van der Waals surface area contributed by atoms with Gasteiger partial charge in [-0.15, -0.1) is 10.2 Å². The highest BCUT2D eigenvalue weighted by Crippen LogP contribution is 2.35. The van der Waals surface area contributed by atoms with E-state index < -0.39 is 0 Å². The van der Waals surface area contributed by atoms with E-state index in [1.54, 1.807) is 19.2 Å². The first-order valence-corrected chi connectivity index (χ1v) is 13.6. The number of rotatable bonds is 8. The second kappa shape index (κ2) is 11.2. The molecular weight excluding hydrogens is 522 g/mol. The first-order chi connectivity index (χ1) is 19.4. The molecule has 5 rings (SSSR count). The molecule has 41 heavy (non-hydrogen) atoms. The summed E-state index contributed by atoms with van der Waals surface area (Å²) in [6.45, 7) is 11.8. The third-order valence-electron chi connectivity index (χ3n) is 6.84. The summed E-state index contributed by atoms with van der Waals surface area (Å²) < 4.78 is 22.9. The monoisotopic (exact) mass is 557 g/mol. The van der Waals surface area contributed by atoms with E-state index in [2.05, 4.69) is 51.5 Å². The molecule has 0 bridgehead atoms. The number of carbonyl (C=O) groups is 1. The highest BCUT2D eigenvalue weighted by atomic mass is 16.6. The molecule has 0 spiro atoms. The predicted octanol–water partition coefficient (Wildman–Crippen LogP) is 6.39. The van der Waals surface area contributed by atoms with Gasteiger partial charge in [-0.3, -0.25) is 0 Å². The number of benzene rings is 2. The normalized spacial score (nSPS) is 16.9. The molecule has 4 aromatic rings. The number of ether oxygens (including phenoxy) is 3. The first kappa shape index (κ1) is 28.1. The van der Waals surface area contributed by atoms with Crippen LogP contribution in [0, 0.1) is 6.92 Å². The van der Waals surface area contributed by atoms with Crippen molar-refractivity contribution in [2.75, 3.05) is 0 Å². The van der Waals surface area contributed by atoms with Gasteiger partial charge in [0.15, 0.2) is 0 Å². The van der Waals surface area contributed by atoms with Crippen LogP contribution < -0.4 is 14.8 Å². The minimum atomic E-state index is -0.384. The van der Waals surface area contributed by atoms with Gasteiger partial charge in [0.1, 0.15) is 29.4 Å². The number of carbonyl (C=O) groups excluding carboxylic acids is 1. The van der Waals surface area contributed by atoms with Crippen LogP contribution >= 0.6 is 0 Å². The molecule has 0 atom stereocenters. The van der Waals surface area contributed by atoms with E-state index >= 15 is 0 Å². The van der Waals surface area contributed by atoms with Crippen molar-refractivity contribution in [3.8, 4) is 29.1 Å². The van der Waals surface area contributed by atoms with Gasteiger partial charge < -0.3 is 23.9 Å². The summed E-state index contributed by atoms with van der Waals surface area (Å²) in [4.78, 5) is 20.5. The van der Waals surface area contributed by atoms with E-state index in [9.17, 15) is 4.79 Å². The quantitative estimate of drug-likeness (QED) is 0.263. The van der Waals surface area contributed by atoms with Gasteiger partial charge in [0.05, 0.1) is 0 Å². The average Bonchev–Trinajstić information content (AvgIpc) is 3.33. The maximum absolute atomic E-state index is 11.9. The molecule has 10 heteroatoms. The Labute approximate surface area is 239 Å². The van der Waals surface area contributed by atoms with Crippen LogP contribution in [0.1, 0.15) is 64.5 Å². The SMILES string of the molecule is Cc1nnc(-c2ccnc(Oc3ccc(C(C)(C)c4ccc(OC5CC(OC(=O)NC(C)(C)C)C5)cc4)cc3)n2)o1. The van der Waals surface area contributed by atoms with Crippen LogP contribution in [0.15, 0.2) is 65.2 Å². The zero-order chi connectivity index (χ0) is 29.2. The topological polar surface area (TPSA) is 121 Å². The lowest BCUT2D eigenvalue weighted by atomic mass is 9.78. The number of hydrogen-bond donors (Lipinski definition) is 1. The van der Waals surface area contributed by atoms with Gasteiger partial charge >= 0.3 is 12.1 Å². The highest BCUT2D eigenvalue weighted by Gasteiger charge is 2.34. The van der Waals surface area contributed by atoms with Crippen molar-refractivity contribution in [2.45, 2.75) is 77.5 Å². The van der Waals surface area contributed by atoms with Crippen molar-refractivity contribution in [3.63, 3.8) is 0 Å². The van der Waals surface area contributed by atoms with Gasteiger partial charge in [0.25, 0.3) is 5.89 Å². The van der Waals surface area contributed by atoms with Crippen molar-refractivity contribution >= 4 is 6.09 Å². The van der Waals surface area contributed by atoms with Gasteiger partial charge in [0, 0.05) is 36.9 Å². The number of aryl methyl sites for hydroxylation is 1. The van der Waals surface area contributed by atoms with E-state index in [1.807, 2.05) is 57.2 Å². The maximum atomic E-state index is 11.9. The summed E-state index contributed by atoms with van der Waals surface area (Å²) in [5, 5.41) is 10.6. The Morgan fingerprint density at radius 3 is 2.10 bits per heavy atom. The zero-order valence-electron chi connectivity index (χ0n) is 24.2. The Balaban J connectivity index is 1.15. The Hall–Kier alpha value is -4.47. The van der Waals surface area contributed by atoms with Crippen molar-refractivity contribution in [3.05, 3.63) is 77.8 Å². The fourth-order valence-electron chi connectivity index (χ4n) is 4.46. The van der Waals surface area contributed by atoms with Crippen LogP contribution in [-0.2, 0) is 10.2 Å². The zero-order valence-corrected chi connectivity index (χ0v) is 24.2. The molecule has 10 nitrogen and oxygen atoms in total. The molecule has 1 saturated carbocycles. The van der Waals surface area contributed by atoms with E-state index in [-0.39, 0.29) is 35.3 Å². The molecule has 1 aliphatic carbocycles. The molecule has 1 amide bonds. The van der Waals surface area contributed by atoms with Gasteiger partial charge in [-0.2, -0.15) is 4.98 Å². The lowest BCUT2D eigenvalue weighted by Crippen LogP contribution is -2.46. The fraction of sp³-hybridized carbons (Fsp3) is 0.387. The first-order valence-electron chi connectivity index (χ1n) is 13.6. The summed E-state index contributed by atoms with van der Waals surface area (Å²) in [5.74, 6) is 2.19. The summed E-state index contributed by atoms with van der Waals surface area (Å²) in [6, 6.07) is 17.9. The van der Waals surface area contributed by atoms with Crippen LogP contribution in [0.5, 0.6) is 17.5 Å². The largest absolute Gasteiger partial charge is 0.490 e. The molecule has 0 aliphatic heterocycles. The standard InChI is InChI=1S/C31H35N5O5/c1-19-35-36-27(38-19)26-15-16-32-28(33-26)40-23-13-9-21(10-14-23)31(5,6)20-7-11-22(12-8-20)39-24-17-25(18-24)41-29(37)34-30(2,3)4/h7-16,24-25H,17-18H2,1-6H3,(H,34,37). The Morgan fingerprint density at radius 1 is 0.878 bits per heavy atom. The lowest BCUT2D eigenvalue weighted by molar-refractivity contribution is -0.0243. The highest BCUT2D eigenvalue weighted by molar-refractivity contribution is 5.68. The average molecular weight is 558 g/mol. The second-order valence-electron chi connectivity index (χ2n) is 11.7. The summed E-state index contributed by atoms with van der Waals surface area (Å²) in [5.41, 5.74) is 2.20. The van der Waals surface area contributed by atoms with Gasteiger partial charge in [-0.25, -0.2) is 9.78 Å². The summed E-state index contributed by atoms with van der Waals surface area (Å²) >= 11 is 0. The van der Waals surface area contributed by atoms with E-state index in [0.717, 1.165) is 16.9 Å². The Kier molecular flexibility index (Phi) is 7.66. The molecule has 0 radical (unpaired) electrons. The fourth-order valence-corrected chi connectivity index (χ4v) is 4.46. The predicted molar refractivity (Wildman–Crippen MR) is 152 cm³/mol. The van der Waals surface area contributed by atoms with Crippen LogP contribution in [-0.4, -0.2) is 44.0 Å². The molecule has 2 aromatic carbocycles. The van der Waals surface area contributed by atoms with E-state index in [1.165, 1.54) is 0 Å². The van der Waals surface area contributed by atoms with Crippen molar-refractivity contribution in [1.82, 2.24) is 25.5 Å². The minimum absolute atomic E-state index is 0.0367. The van der Waals surface area contributed by atoms with E-state index in [0.29, 0.717) is 36.1 Å². The van der Waals surface area contributed by atoms with Crippen LogP contribution in [0.25, 0.3) is 11.6 Å². The Bertz CT molecular complexity index is 1490. The molecule has 1 aliphatic rings. The molecule has 0 saturated heterocycles. The third kappa shape index (κ3) is 7.00. The summed E-state index contributed by atoms with van der Waals surface area (Å²) in [6.07, 6.45) is 2.50. The number of alkyl carbamates (subject to hydrolysis) is 1. The van der Waals surface area contributed by atoms with Gasteiger partial charge in [-0.05, 0) is 62.2 Å². The molecular formula is C31H35N5O5. The maximum Gasteiger partial charge on any atom is 0.407 e. The van der Waals surface area contributed by atoms with Gasteiger partial charge in [0.2, 0.25) is 5.89 Å². The minimum Gasteiger partial charge on any atom is -0.490 e. The third-order valence-corrected chi connectivity index (χ3v) is 6.84. The van der Waals surface area contributed by atoms with Crippen molar-refractivity contribution in [2.24, 2.45) is 0 Å². The molecule has 0 unspecified atom stereocenters. The second-order valence-corrected chi connectivity index (χ2v) is 11.7. The van der Waals surface area contributed by atoms with Crippen LogP contribution in [0.3, 0.4) is 0 Å². The van der Waals surface area contributed by atoms with Crippen LogP contribution in [0.4, 0.5) is 4.79 Å². The number of aromatic nitrogens is 4. The Morgan fingerprint density at radius 2 is 1.51 bits per heavy atom. The smallest absolute Gasteiger partial charge is 0.407 e. The molecule has 214 valence electrons. The molecule has 1 fully saturated rings.